The van der Waals surface area contributed by atoms with Crippen LogP contribution >= 0.6 is 69.6 Å². The van der Waals surface area contributed by atoms with E-state index in [4.69, 9.17) is 69.6 Å². The molecule has 0 amide bonds. The number of halogens is 6. The lowest BCUT2D eigenvalue weighted by Gasteiger charge is -2.30. The summed E-state index contributed by atoms with van der Waals surface area (Å²) in [5.74, 6) is 0. The summed E-state index contributed by atoms with van der Waals surface area (Å²) in [4.78, 5) is 0. The van der Waals surface area contributed by atoms with E-state index in [1.165, 1.54) is 0 Å². The summed E-state index contributed by atoms with van der Waals surface area (Å²) in [5, 5.41) is -1.53. The summed E-state index contributed by atoms with van der Waals surface area (Å²) < 4.78 is 0. The van der Waals surface area contributed by atoms with Crippen LogP contribution in [0.25, 0.3) is 0 Å². The molecular weight excluding hydrogens is 285 g/mol. The minimum atomic E-state index is -0.557. The van der Waals surface area contributed by atoms with Crippen LogP contribution in [0.3, 0.4) is 0 Å². The SMILES string of the molecule is ClC1=C(Cl)[C@H](Cl)[C@@H](Cl)[C@@H](Cl)[C@@H]1Cl. The molecule has 0 fully saturated rings. The van der Waals surface area contributed by atoms with Crippen LogP contribution in [0.15, 0.2) is 10.1 Å². The van der Waals surface area contributed by atoms with Gasteiger partial charge in [-0.3, -0.25) is 0 Å². The van der Waals surface area contributed by atoms with E-state index in [0.717, 1.165) is 0 Å². The fourth-order valence-electron chi connectivity index (χ4n) is 0.866. The topological polar surface area (TPSA) is 0 Å². The summed E-state index contributed by atoms with van der Waals surface area (Å²) in [6, 6.07) is 0. The quantitative estimate of drug-likeness (QED) is 0.588. The molecule has 0 radical (unpaired) electrons. The van der Waals surface area contributed by atoms with Gasteiger partial charge in [0, 0.05) is 0 Å². The van der Waals surface area contributed by atoms with Crippen molar-refractivity contribution >= 4 is 69.6 Å². The molecule has 6 heteroatoms. The van der Waals surface area contributed by atoms with Crippen LogP contribution in [0.2, 0.25) is 0 Å². The molecule has 0 aromatic rings. The first kappa shape index (κ1) is 11.6. The van der Waals surface area contributed by atoms with Gasteiger partial charge in [-0.1, -0.05) is 23.2 Å². The first-order valence-electron chi connectivity index (χ1n) is 3.08. The highest BCUT2D eigenvalue weighted by Gasteiger charge is 2.40. The number of allylic oxidation sites excluding steroid dienone is 2. The Hall–Kier alpha value is 1.48. The third-order valence-corrected chi connectivity index (χ3v) is 5.19. The normalized spacial score (nSPS) is 43.5. The fourth-order valence-corrected chi connectivity index (χ4v) is 2.85. The Morgan fingerprint density at radius 2 is 0.917 bits per heavy atom. The molecule has 0 N–H and O–H groups in total. The lowest BCUT2D eigenvalue weighted by molar-refractivity contribution is 0.742. The molecule has 0 bridgehead atoms. The maximum absolute atomic E-state index is 5.85. The first-order chi connectivity index (χ1) is 5.46. The Bertz CT molecular complexity index is 190. The highest BCUT2D eigenvalue weighted by atomic mass is 35.5. The minimum Gasteiger partial charge on any atom is -0.119 e. The van der Waals surface area contributed by atoms with E-state index < -0.39 is 21.5 Å². The van der Waals surface area contributed by atoms with Crippen molar-refractivity contribution in [3.63, 3.8) is 0 Å². The van der Waals surface area contributed by atoms with Crippen LogP contribution in [0.1, 0.15) is 0 Å². The third kappa shape index (κ3) is 1.94. The average Bonchev–Trinajstić information content (AvgIpc) is 2.08. The van der Waals surface area contributed by atoms with Crippen LogP contribution < -0.4 is 0 Å². The van der Waals surface area contributed by atoms with Gasteiger partial charge in [0.25, 0.3) is 0 Å². The summed E-state index contributed by atoms with van der Waals surface area (Å²) in [5.41, 5.74) is 0. The molecular formula is C6H4Cl6. The van der Waals surface area contributed by atoms with Crippen LogP contribution in [0, 0.1) is 0 Å². The average molecular weight is 289 g/mol. The second-order valence-electron chi connectivity index (χ2n) is 2.39. The van der Waals surface area contributed by atoms with Crippen molar-refractivity contribution in [1.29, 1.82) is 0 Å². The van der Waals surface area contributed by atoms with E-state index in [-0.39, 0.29) is 10.1 Å². The molecule has 0 saturated heterocycles. The number of rotatable bonds is 0. The van der Waals surface area contributed by atoms with Gasteiger partial charge in [0.2, 0.25) is 0 Å². The Morgan fingerprint density at radius 1 is 0.667 bits per heavy atom. The number of alkyl halides is 4. The Morgan fingerprint density at radius 3 is 1.17 bits per heavy atom. The van der Waals surface area contributed by atoms with Gasteiger partial charge in [-0.15, -0.1) is 46.4 Å². The van der Waals surface area contributed by atoms with Crippen molar-refractivity contribution in [1.82, 2.24) is 0 Å². The number of hydrogen-bond donors (Lipinski definition) is 0. The molecule has 12 heavy (non-hydrogen) atoms. The van der Waals surface area contributed by atoms with E-state index in [9.17, 15) is 0 Å². The second-order valence-corrected chi connectivity index (χ2v) is 5.15. The Labute approximate surface area is 101 Å². The standard InChI is InChI=1S/C6H4Cl6/c7-1-2(8)4(10)6(12)5(11)3(1)9/h1-4H/t1-,2+,3+,4-. The van der Waals surface area contributed by atoms with Gasteiger partial charge in [-0.2, -0.15) is 0 Å². The van der Waals surface area contributed by atoms with Crippen molar-refractivity contribution in [2.45, 2.75) is 21.5 Å². The maximum Gasteiger partial charge on any atom is 0.0882 e. The smallest absolute Gasteiger partial charge is 0.0882 e. The Balaban J connectivity index is 3.00. The van der Waals surface area contributed by atoms with Gasteiger partial charge in [-0.25, -0.2) is 0 Å². The van der Waals surface area contributed by atoms with Gasteiger partial charge in [-0.05, 0) is 0 Å². The summed E-state index contributed by atoms with van der Waals surface area (Å²) >= 11 is 34.9. The van der Waals surface area contributed by atoms with Crippen molar-refractivity contribution in [2.75, 3.05) is 0 Å². The minimum absolute atomic E-state index is 0.287. The predicted molar refractivity (Wildman–Crippen MR) is 57.3 cm³/mol. The molecule has 0 saturated carbocycles. The van der Waals surface area contributed by atoms with Crippen molar-refractivity contribution < 1.29 is 0 Å². The molecule has 0 nitrogen and oxygen atoms in total. The second kappa shape index (κ2) is 4.33. The molecule has 0 heterocycles. The van der Waals surface area contributed by atoms with Crippen molar-refractivity contribution in [2.24, 2.45) is 0 Å². The molecule has 0 aliphatic heterocycles. The van der Waals surface area contributed by atoms with Crippen molar-refractivity contribution in [3.8, 4) is 0 Å². The van der Waals surface area contributed by atoms with E-state index in [1.54, 1.807) is 0 Å². The third-order valence-electron chi connectivity index (χ3n) is 1.58. The lowest BCUT2D eigenvalue weighted by Crippen LogP contribution is -2.38. The molecule has 1 aliphatic rings. The Kier molecular flexibility index (Phi) is 4.17. The maximum atomic E-state index is 5.85. The zero-order valence-corrected chi connectivity index (χ0v) is 10.1. The van der Waals surface area contributed by atoms with Gasteiger partial charge in [0.05, 0.1) is 31.6 Å². The van der Waals surface area contributed by atoms with E-state index >= 15 is 0 Å². The van der Waals surface area contributed by atoms with Crippen molar-refractivity contribution in [3.05, 3.63) is 10.1 Å². The van der Waals surface area contributed by atoms with Crippen LogP contribution in [0.4, 0.5) is 0 Å². The lowest BCUT2D eigenvalue weighted by atomic mass is 10.1. The van der Waals surface area contributed by atoms with Crippen LogP contribution in [-0.2, 0) is 0 Å². The van der Waals surface area contributed by atoms with Gasteiger partial charge in [0.15, 0.2) is 0 Å². The molecule has 0 aromatic heterocycles. The molecule has 4 atom stereocenters. The molecule has 70 valence electrons. The summed E-state index contributed by atoms with van der Waals surface area (Å²) in [7, 11) is 0. The van der Waals surface area contributed by atoms with E-state index in [0.29, 0.717) is 0 Å². The highest BCUT2D eigenvalue weighted by molar-refractivity contribution is 6.50. The number of hydrogen-bond acceptors (Lipinski definition) is 0. The fraction of sp³-hybridized carbons (Fsp3) is 0.667. The molecule has 0 aromatic carbocycles. The zero-order valence-electron chi connectivity index (χ0n) is 5.58. The van der Waals surface area contributed by atoms with Gasteiger partial charge < -0.3 is 0 Å². The van der Waals surface area contributed by atoms with E-state index in [1.807, 2.05) is 0 Å². The first-order valence-corrected chi connectivity index (χ1v) is 5.58. The summed E-state index contributed by atoms with van der Waals surface area (Å²) in [6.07, 6.45) is 0. The molecule has 0 spiro atoms. The zero-order chi connectivity index (χ0) is 9.46. The van der Waals surface area contributed by atoms with Crippen LogP contribution in [0.5, 0.6) is 0 Å². The monoisotopic (exact) mass is 286 g/mol. The largest absolute Gasteiger partial charge is 0.119 e. The highest BCUT2D eigenvalue weighted by Crippen LogP contribution is 2.41. The van der Waals surface area contributed by atoms with Gasteiger partial charge >= 0.3 is 0 Å². The van der Waals surface area contributed by atoms with Gasteiger partial charge in [0.1, 0.15) is 0 Å². The van der Waals surface area contributed by atoms with Crippen LogP contribution in [-0.4, -0.2) is 21.5 Å². The molecule has 1 aliphatic carbocycles. The molecule has 1 rings (SSSR count). The van der Waals surface area contributed by atoms with E-state index in [2.05, 4.69) is 0 Å². The molecule has 0 unspecified atom stereocenters. The predicted octanol–water partition coefficient (Wildman–Crippen LogP) is 4.12. The summed E-state index contributed by atoms with van der Waals surface area (Å²) in [6.45, 7) is 0.